The summed E-state index contributed by atoms with van der Waals surface area (Å²) in [5, 5.41) is 2.58. The molecule has 6 nitrogen and oxygen atoms in total. The van der Waals surface area contributed by atoms with Crippen molar-refractivity contribution < 1.29 is 23.9 Å². The van der Waals surface area contributed by atoms with Gasteiger partial charge in [0.1, 0.15) is 12.6 Å². The van der Waals surface area contributed by atoms with E-state index >= 15 is 0 Å². The Balaban J connectivity index is 1.64. The van der Waals surface area contributed by atoms with Crippen molar-refractivity contribution in [2.45, 2.75) is 19.6 Å². The zero-order valence-electron chi connectivity index (χ0n) is 15.8. The zero-order valence-corrected chi connectivity index (χ0v) is 15.8. The lowest BCUT2D eigenvalue weighted by Gasteiger charge is -2.16. The fraction of sp³-hybridized carbons (Fsp3) is 0.318. The van der Waals surface area contributed by atoms with Gasteiger partial charge in [0.25, 0.3) is 0 Å². The molecule has 0 spiro atoms. The molecule has 1 aliphatic rings. The molecule has 1 aliphatic carbocycles. The average molecular weight is 381 g/mol. The highest BCUT2D eigenvalue weighted by atomic mass is 16.6. The Bertz CT molecular complexity index is 837. The summed E-state index contributed by atoms with van der Waals surface area (Å²) in [5.41, 5.74) is 1.43. The van der Waals surface area contributed by atoms with Crippen LogP contribution in [0.2, 0.25) is 0 Å². The number of rotatable bonds is 7. The Hall–Kier alpha value is -3.15. The minimum Gasteiger partial charge on any atom is -0.467 e. The molecule has 0 aliphatic heterocycles. The molecule has 0 heterocycles. The third kappa shape index (κ3) is 4.39. The summed E-state index contributed by atoms with van der Waals surface area (Å²) in [5.74, 6) is -1.35. The lowest BCUT2D eigenvalue weighted by atomic mass is 10.0. The van der Waals surface area contributed by atoms with Crippen LogP contribution in [0.1, 0.15) is 22.8 Å². The minimum atomic E-state index is -0.930. The highest BCUT2D eigenvalue weighted by Crippen LogP contribution is 2.50. The van der Waals surface area contributed by atoms with Crippen LogP contribution in [0.5, 0.6) is 0 Å². The number of esters is 1. The molecule has 0 unspecified atom stereocenters. The number of alkyl carbamates (subject to hydrolysis) is 1. The first-order chi connectivity index (χ1) is 13.5. The van der Waals surface area contributed by atoms with Gasteiger partial charge in [0, 0.05) is 17.4 Å². The monoisotopic (exact) mass is 381 g/mol. The van der Waals surface area contributed by atoms with E-state index in [9.17, 15) is 14.4 Å². The first-order valence-corrected chi connectivity index (χ1v) is 9.17. The van der Waals surface area contributed by atoms with E-state index in [0.717, 1.165) is 5.56 Å². The number of methoxy groups -OCH3 is 1. The van der Waals surface area contributed by atoms with Crippen LogP contribution in [0.3, 0.4) is 0 Å². The third-order valence-electron chi connectivity index (χ3n) is 5.13. The highest BCUT2D eigenvalue weighted by molar-refractivity contribution is 6.00. The molecule has 2 aromatic rings. The molecule has 1 N–H and O–H groups in total. The van der Waals surface area contributed by atoms with Crippen LogP contribution in [0.25, 0.3) is 0 Å². The number of carbonyl (C=O) groups excluding carboxylic acids is 3. The van der Waals surface area contributed by atoms with Crippen LogP contribution in [0, 0.1) is 17.8 Å². The molecule has 2 aromatic carbocycles. The van der Waals surface area contributed by atoms with Crippen LogP contribution in [-0.2, 0) is 20.9 Å². The van der Waals surface area contributed by atoms with Gasteiger partial charge in [-0.05, 0) is 11.5 Å². The lowest BCUT2D eigenvalue weighted by molar-refractivity contribution is -0.143. The summed E-state index contributed by atoms with van der Waals surface area (Å²) in [6.45, 7) is 1.98. The molecule has 0 aromatic heterocycles. The van der Waals surface area contributed by atoms with E-state index in [1.807, 2.05) is 43.3 Å². The van der Waals surface area contributed by atoms with E-state index in [1.165, 1.54) is 7.11 Å². The predicted molar refractivity (Wildman–Crippen MR) is 102 cm³/mol. The second kappa shape index (κ2) is 8.69. The fourth-order valence-corrected chi connectivity index (χ4v) is 3.54. The van der Waals surface area contributed by atoms with Crippen molar-refractivity contribution in [1.82, 2.24) is 5.32 Å². The van der Waals surface area contributed by atoms with E-state index in [1.54, 1.807) is 24.3 Å². The zero-order chi connectivity index (χ0) is 20.1. The van der Waals surface area contributed by atoms with Crippen molar-refractivity contribution >= 4 is 17.8 Å². The minimum absolute atomic E-state index is 0.0357. The maximum Gasteiger partial charge on any atom is 0.408 e. The number of carbonyl (C=O) groups is 3. The fourth-order valence-electron chi connectivity index (χ4n) is 3.54. The van der Waals surface area contributed by atoms with Gasteiger partial charge in [-0.1, -0.05) is 67.6 Å². The van der Waals surface area contributed by atoms with E-state index in [2.05, 4.69) is 5.32 Å². The second-order valence-electron chi connectivity index (χ2n) is 6.90. The number of ketones is 1. The Kier molecular flexibility index (Phi) is 6.09. The lowest BCUT2D eigenvalue weighted by Crippen LogP contribution is -2.44. The van der Waals surface area contributed by atoms with Gasteiger partial charge in [0.2, 0.25) is 0 Å². The average Bonchev–Trinajstić information content (AvgIpc) is 3.41. The van der Waals surface area contributed by atoms with Crippen molar-refractivity contribution in [3.63, 3.8) is 0 Å². The van der Waals surface area contributed by atoms with Crippen molar-refractivity contribution in [2.75, 3.05) is 7.11 Å². The molecule has 1 fully saturated rings. The quantitative estimate of drug-likeness (QED) is 0.588. The molecule has 146 valence electrons. The van der Waals surface area contributed by atoms with Gasteiger partial charge >= 0.3 is 12.1 Å². The molecule has 1 amide bonds. The van der Waals surface area contributed by atoms with Crippen LogP contribution in [0.15, 0.2) is 60.7 Å². The number of benzene rings is 2. The molecular formula is C22H23NO5. The van der Waals surface area contributed by atoms with Crippen molar-refractivity contribution in [3.05, 3.63) is 71.8 Å². The SMILES string of the molecule is COC(=O)[C@H](NC(=O)OCc1ccccc1)[C@H]1[C@@H](C)[C@@H]1C(=O)c1ccccc1. The van der Waals surface area contributed by atoms with Gasteiger partial charge in [0.05, 0.1) is 7.11 Å². The summed E-state index contributed by atoms with van der Waals surface area (Å²) in [4.78, 5) is 37.2. The number of Topliss-reactive ketones (excluding diaryl/α,β-unsaturated/α-hetero) is 1. The standard InChI is InChI=1S/C22H23NO5/c1-14-17(18(14)20(24)16-11-7-4-8-12-16)19(21(25)27-2)23-22(26)28-13-15-9-5-3-6-10-15/h3-12,14,17-19H,13H2,1-2H3,(H,23,26)/t14-,17+,18+,19-/m1/s1. The van der Waals surface area contributed by atoms with E-state index in [0.29, 0.717) is 5.56 Å². The Morgan fingerprint density at radius 3 is 2.21 bits per heavy atom. The number of hydrogen-bond acceptors (Lipinski definition) is 5. The second-order valence-corrected chi connectivity index (χ2v) is 6.90. The van der Waals surface area contributed by atoms with Gasteiger partial charge < -0.3 is 14.8 Å². The van der Waals surface area contributed by atoms with Gasteiger partial charge in [-0.25, -0.2) is 9.59 Å². The molecular weight excluding hydrogens is 358 g/mol. The first-order valence-electron chi connectivity index (χ1n) is 9.17. The van der Waals surface area contributed by atoms with Gasteiger partial charge in [-0.2, -0.15) is 0 Å². The van der Waals surface area contributed by atoms with Crippen molar-refractivity contribution in [3.8, 4) is 0 Å². The van der Waals surface area contributed by atoms with Crippen LogP contribution in [0.4, 0.5) is 4.79 Å². The van der Waals surface area contributed by atoms with Gasteiger partial charge in [-0.15, -0.1) is 0 Å². The van der Waals surface area contributed by atoms with Crippen molar-refractivity contribution in [2.24, 2.45) is 17.8 Å². The van der Waals surface area contributed by atoms with Crippen LogP contribution < -0.4 is 5.32 Å². The van der Waals surface area contributed by atoms with Crippen molar-refractivity contribution in [1.29, 1.82) is 0 Å². The van der Waals surface area contributed by atoms with Crippen LogP contribution >= 0.6 is 0 Å². The van der Waals surface area contributed by atoms with Gasteiger partial charge in [0.15, 0.2) is 5.78 Å². The third-order valence-corrected chi connectivity index (χ3v) is 5.13. The molecule has 4 atom stereocenters. The van der Waals surface area contributed by atoms with E-state index < -0.39 is 18.1 Å². The van der Waals surface area contributed by atoms with Crippen LogP contribution in [-0.4, -0.2) is 31.0 Å². The summed E-state index contributed by atoms with van der Waals surface area (Å²) in [7, 11) is 1.26. The molecule has 0 bridgehead atoms. The Morgan fingerprint density at radius 2 is 1.61 bits per heavy atom. The predicted octanol–water partition coefficient (Wildman–Crippen LogP) is 3.22. The maximum atomic E-state index is 12.7. The number of ether oxygens (including phenoxy) is 2. The maximum absolute atomic E-state index is 12.7. The largest absolute Gasteiger partial charge is 0.467 e. The summed E-state index contributed by atoms with van der Waals surface area (Å²) >= 11 is 0. The van der Waals surface area contributed by atoms with E-state index in [4.69, 9.17) is 9.47 Å². The van der Waals surface area contributed by atoms with E-state index in [-0.39, 0.29) is 30.1 Å². The topological polar surface area (TPSA) is 81.7 Å². The molecule has 6 heteroatoms. The molecule has 0 saturated heterocycles. The molecule has 1 saturated carbocycles. The number of nitrogens with one attached hydrogen (secondary N) is 1. The Morgan fingerprint density at radius 1 is 1.00 bits per heavy atom. The summed E-state index contributed by atoms with van der Waals surface area (Å²) < 4.78 is 10.0. The molecule has 3 rings (SSSR count). The number of hydrogen-bond donors (Lipinski definition) is 1. The number of amides is 1. The first kappa shape index (κ1) is 19.6. The normalized spacial score (nSPS) is 21.3. The smallest absolute Gasteiger partial charge is 0.408 e. The highest BCUT2D eigenvalue weighted by Gasteiger charge is 2.58. The summed E-state index contributed by atoms with van der Waals surface area (Å²) in [6.07, 6.45) is -0.718. The molecule has 28 heavy (non-hydrogen) atoms. The van der Waals surface area contributed by atoms with Gasteiger partial charge in [-0.3, -0.25) is 4.79 Å². The summed E-state index contributed by atoms with van der Waals surface area (Å²) in [6, 6.07) is 17.2. The molecule has 0 radical (unpaired) electrons. The Labute approximate surface area is 163 Å².